The van der Waals surface area contributed by atoms with Gasteiger partial charge in [0.05, 0.1) is 0 Å². The summed E-state index contributed by atoms with van der Waals surface area (Å²) < 4.78 is 5.11. The fourth-order valence-electron chi connectivity index (χ4n) is 1.67. The Labute approximate surface area is 88.5 Å². The van der Waals surface area contributed by atoms with E-state index < -0.39 is 0 Å². The van der Waals surface area contributed by atoms with Crippen LogP contribution >= 0.6 is 0 Å². The van der Waals surface area contributed by atoms with Crippen LogP contribution in [0.4, 0.5) is 0 Å². The third kappa shape index (κ3) is 1.84. The van der Waals surface area contributed by atoms with Crippen molar-refractivity contribution in [2.45, 2.75) is 13.8 Å². The number of rotatable bonds is 1. The minimum Gasteiger partial charge on any atom is -0.426 e. The van der Waals surface area contributed by atoms with Crippen molar-refractivity contribution in [3.05, 3.63) is 42.0 Å². The summed E-state index contributed by atoms with van der Waals surface area (Å²) in [6.07, 6.45) is 0. The second kappa shape index (κ2) is 3.73. The normalized spacial score (nSPS) is 10.3. The van der Waals surface area contributed by atoms with E-state index in [1.165, 1.54) is 6.92 Å². The van der Waals surface area contributed by atoms with Gasteiger partial charge in [-0.3, -0.25) is 4.79 Å². The van der Waals surface area contributed by atoms with Crippen LogP contribution in [0.25, 0.3) is 10.8 Å². The SMILES string of the molecule is CC(=O)Oc1ccc2ccccc2c1C. The average Bonchev–Trinajstić information content (AvgIpc) is 2.22. The molecule has 0 fully saturated rings. The number of carbonyl (C=O) groups excluding carboxylic acids is 1. The fraction of sp³-hybridized carbons (Fsp3) is 0.154. The number of esters is 1. The van der Waals surface area contributed by atoms with Crippen molar-refractivity contribution in [3.8, 4) is 5.75 Å². The minimum absolute atomic E-state index is 0.284. The highest BCUT2D eigenvalue weighted by Gasteiger charge is 2.05. The number of fused-ring (bicyclic) bond motifs is 1. The predicted molar refractivity (Wildman–Crippen MR) is 60.0 cm³/mol. The van der Waals surface area contributed by atoms with Crippen LogP contribution < -0.4 is 4.74 Å². The van der Waals surface area contributed by atoms with Gasteiger partial charge in [-0.15, -0.1) is 0 Å². The summed E-state index contributed by atoms with van der Waals surface area (Å²) >= 11 is 0. The third-order valence-electron chi connectivity index (χ3n) is 2.40. The Morgan fingerprint density at radius 1 is 1.13 bits per heavy atom. The molecule has 0 N–H and O–H groups in total. The second-order valence-electron chi connectivity index (χ2n) is 3.50. The van der Waals surface area contributed by atoms with E-state index in [4.69, 9.17) is 4.74 Å². The van der Waals surface area contributed by atoms with Crippen LogP contribution in [0.2, 0.25) is 0 Å². The Balaban J connectivity index is 2.59. The Kier molecular flexibility index (Phi) is 2.42. The first kappa shape index (κ1) is 9.71. The molecule has 0 saturated carbocycles. The predicted octanol–water partition coefficient (Wildman–Crippen LogP) is 3.07. The van der Waals surface area contributed by atoms with Crippen LogP contribution in [-0.2, 0) is 4.79 Å². The molecule has 0 aliphatic carbocycles. The molecule has 0 aliphatic heterocycles. The largest absolute Gasteiger partial charge is 0.426 e. The molecule has 0 amide bonds. The quantitative estimate of drug-likeness (QED) is 0.522. The molecule has 0 aliphatic rings. The zero-order valence-corrected chi connectivity index (χ0v) is 8.78. The number of carbonyl (C=O) groups is 1. The molecule has 2 rings (SSSR count). The summed E-state index contributed by atoms with van der Waals surface area (Å²) in [6.45, 7) is 3.37. The molecule has 2 aromatic carbocycles. The first-order valence-corrected chi connectivity index (χ1v) is 4.85. The van der Waals surface area contributed by atoms with Gasteiger partial charge in [-0.05, 0) is 29.3 Å². The molecule has 15 heavy (non-hydrogen) atoms. The van der Waals surface area contributed by atoms with E-state index in [0.29, 0.717) is 5.75 Å². The first-order chi connectivity index (χ1) is 7.18. The number of hydrogen-bond donors (Lipinski definition) is 0. The van der Waals surface area contributed by atoms with Gasteiger partial charge in [0.15, 0.2) is 0 Å². The van der Waals surface area contributed by atoms with E-state index in [0.717, 1.165) is 16.3 Å². The Morgan fingerprint density at radius 3 is 2.60 bits per heavy atom. The van der Waals surface area contributed by atoms with Gasteiger partial charge < -0.3 is 4.74 Å². The van der Waals surface area contributed by atoms with Crippen LogP contribution in [0.15, 0.2) is 36.4 Å². The van der Waals surface area contributed by atoms with Gasteiger partial charge in [0.1, 0.15) is 5.75 Å². The monoisotopic (exact) mass is 200 g/mol. The van der Waals surface area contributed by atoms with E-state index in [1.54, 1.807) is 0 Å². The van der Waals surface area contributed by atoms with Gasteiger partial charge in [0.25, 0.3) is 0 Å². The molecule has 0 heterocycles. The minimum atomic E-state index is -0.284. The van der Waals surface area contributed by atoms with E-state index in [-0.39, 0.29) is 5.97 Å². The van der Waals surface area contributed by atoms with Crippen molar-refractivity contribution in [2.24, 2.45) is 0 Å². The molecule has 2 aromatic rings. The standard InChI is InChI=1S/C13H12O2/c1-9-12-6-4-3-5-11(12)7-8-13(9)15-10(2)14/h3-8H,1-2H3. The van der Waals surface area contributed by atoms with Gasteiger partial charge in [-0.2, -0.15) is 0 Å². The third-order valence-corrected chi connectivity index (χ3v) is 2.40. The Bertz CT molecular complexity index is 515. The molecule has 2 nitrogen and oxygen atoms in total. The molecule has 0 aromatic heterocycles. The summed E-state index contributed by atoms with van der Waals surface area (Å²) in [7, 11) is 0. The summed E-state index contributed by atoms with van der Waals surface area (Å²) in [5.74, 6) is 0.356. The molecule has 2 heteroatoms. The van der Waals surface area contributed by atoms with Gasteiger partial charge in [-0.25, -0.2) is 0 Å². The van der Waals surface area contributed by atoms with Crippen LogP contribution in [0.5, 0.6) is 5.75 Å². The van der Waals surface area contributed by atoms with E-state index >= 15 is 0 Å². The number of hydrogen-bond acceptors (Lipinski definition) is 2. The lowest BCUT2D eigenvalue weighted by Gasteiger charge is -2.08. The van der Waals surface area contributed by atoms with Gasteiger partial charge in [-0.1, -0.05) is 30.3 Å². The van der Waals surface area contributed by atoms with E-state index in [2.05, 4.69) is 0 Å². The molecule has 76 valence electrons. The maximum atomic E-state index is 10.9. The molecule has 0 atom stereocenters. The van der Waals surface area contributed by atoms with Crippen molar-refractivity contribution in [2.75, 3.05) is 0 Å². The van der Waals surface area contributed by atoms with Gasteiger partial charge in [0.2, 0.25) is 0 Å². The topological polar surface area (TPSA) is 26.3 Å². The maximum Gasteiger partial charge on any atom is 0.308 e. The van der Waals surface area contributed by atoms with E-state index in [1.807, 2.05) is 43.3 Å². The van der Waals surface area contributed by atoms with E-state index in [9.17, 15) is 4.79 Å². The smallest absolute Gasteiger partial charge is 0.308 e. The first-order valence-electron chi connectivity index (χ1n) is 4.85. The lowest BCUT2D eigenvalue weighted by atomic mass is 10.0. The van der Waals surface area contributed by atoms with Crippen molar-refractivity contribution in [1.82, 2.24) is 0 Å². The summed E-state index contributed by atoms with van der Waals surface area (Å²) in [4.78, 5) is 10.9. The summed E-state index contributed by atoms with van der Waals surface area (Å²) in [6, 6.07) is 11.8. The highest BCUT2D eigenvalue weighted by atomic mass is 16.5. The highest BCUT2D eigenvalue weighted by molar-refractivity contribution is 5.88. The van der Waals surface area contributed by atoms with Crippen LogP contribution in [0.1, 0.15) is 12.5 Å². The molecule has 0 bridgehead atoms. The van der Waals surface area contributed by atoms with Crippen molar-refractivity contribution in [1.29, 1.82) is 0 Å². The molecule has 0 saturated heterocycles. The summed E-state index contributed by atoms with van der Waals surface area (Å²) in [5.41, 5.74) is 1.00. The lowest BCUT2D eigenvalue weighted by Crippen LogP contribution is -2.02. The zero-order valence-electron chi connectivity index (χ0n) is 8.78. The van der Waals surface area contributed by atoms with Gasteiger partial charge in [0, 0.05) is 6.92 Å². The fourth-order valence-corrected chi connectivity index (χ4v) is 1.67. The Morgan fingerprint density at radius 2 is 1.87 bits per heavy atom. The molecule has 0 radical (unpaired) electrons. The molecule has 0 spiro atoms. The number of aryl methyl sites for hydroxylation is 1. The van der Waals surface area contributed by atoms with Crippen molar-refractivity contribution in [3.63, 3.8) is 0 Å². The second-order valence-corrected chi connectivity index (χ2v) is 3.50. The number of ether oxygens (including phenoxy) is 1. The molecular weight excluding hydrogens is 188 g/mol. The van der Waals surface area contributed by atoms with Crippen LogP contribution in [-0.4, -0.2) is 5.97 Å². The number of benzene rings is 2. The van der Waals surface area contributed by atoms with Crippen LogP contribution in [0.3, 0.4) is 0 Å². The van der Waals surface area contributed by atoms with Crippen molar-refractivity contribution < 1.29 is 9.53 Å². The average molecular weight is 200 g/mol. The van der Waals surface area contributed by atoms with Gasteiger partial charge >= 0.3 is 5.97 Å². The Hall–Kier alpha value is -1.83. The lowest BCUT2D eigenvalue weighted by molar-refractivity contribution is -0.131. The summed E-state index contributed by atoms with van der Waals surface area (Å²) in [5, 5.41) is 2.28. The van der Waals surface area contributed by atoms with Crippen molar-refractivity contribution >= 4 is 16.7 Å². The zero-order chi connectivity index (χ0) is 10.8. The highest BCUT2D eigenvalue weighted by Crippen LogP contribution is 2.26. The molecular formula is C13H12O2. The van der Waals surface area contributed by atoms with Crippen LogP contribution in [0, 0.1) is 6.92 Å². The molecule has 0 unspecified atom stereocenters. The maximum absolute atomic E-state index is 10.9.